The van der Waals surface area contributed by atoms with Crippen LogP contribution in [0.1, 0.15) is 26.3 Å². The summed E-state index contributed by atoms with van der Waals surface area (Å²) in [6, 6.07) is 12.4. The summed E-state index contributed by atoms with van der Waals surface area (Å²) < 4.78 is 34.1. The number of rotatable bonds is 4. The molecule has 9 heteroatoms. The van der Waals surface area contributed by atoms with Crippen LogP contribution in [0, 0.1) is 11.6 Å². The number of aromatic hydroxyl groups is 1. The van der Waals surface area contributed by atoms with Crippen molar-refractivity contribution >= 4 is 17.7 Å². The lowest BCUT2D eigenvalue weighted by atomic mass is 10.0. The first-order chi connectivity index (χ1) is 15.1. The van der Waals surface area contributed by atoms with Gasteiger partial charge in [-0.05, 0) is 44.5 Å². The number of halogens is 2. The van der Waals surface area contributed by atoms with Crippen molar-refractivity contribution in [2.75, 3.05) is 0 Å². The first kappa shape index (κ1) is 21.9. The summed E-state index contributed by atoms with van der Waals surface area (Å²) >= 11 is 1.22. The molecule has 3 aromatic rings. The van der Waals surface area contributed by atoms with Gasteiger partial charge in [0, 0.05) is 11.0 Å². The Balaban J connectivity index is 1.73. The minimum atomic E-state index is -1.02. The summed E-state index contributed by atoms with van der Waals surface area (Å²) in [5, 5.41) is 20.1. The third kappa shape index (κ3) is 4.34. The molecule has 1 aromatic heterocycles. The lowest BCUT2D eigenvalue weighted by Gasteiger charge is -2.20. The monoisotopic (exact) mass is 457 g/mol. The SMILES string of the molecule is CC(C)(C)OC(=O)C1=CSC(n2nc(-c3ccc(F)c(F)c3)c(-c3ccccc3)c2O)N1. The van der Waals surface area contributed by atoms with E-state index >= 15 is 0 Å². The highest BCUT2D eigenvalue weighted by molar-refractivity contribution is 8.02. The molecule has 0 aliphatic carbocycles. The third-order valence-electron chi connectivity index (χ3n) is 4.58. The van der Waals surface area contributed by atoms with Crippen molar-refractivity contribution in [2.45, 2.75) is 31.9 Å². The largest absolute Gasteiger partial charge is 0.493 e. The Morgan fingerprint density at radius 3 is 2.50 bits per heavy atom. The lowest BCUT2D eigenvalue weighted by Crippen LogP contribution is -2.30. The van der Waals surface area contributed by atoms with Gasteiger partial charge in [-0.3, -0.25) is 0 Å². The zero-order valence-electron chi connectivity index (χ0n) is 17.6. The molecule has 166 valence electrons. The molecular weight excluding hydrogens is 436 g/mol. The van der Waals surface area contributed by atoms with Gasteiger partial charge < -0.3 is 15.2 Å². The lowest BCUT2D eigenvalue weighted by molar-refractivity contribution is -0.150. The molecule has 1 aliphatic heterocycles. The van der Waals surface area contributed by atoms with Gasteiger partial charge in [0.1, 0.15) is 17.0 Å². The second-order valence-corrected chi connectivity index (χ2v) is 9.11. The summed E-state index contributed by atoms with van der Waals surface area (Å²) in [7, 11) is 0. The summed E-state index contributed by atoms with van der Waals surface area (Å²) in [5.41, 5.74) is 0.542. The summed E-state index contributed by atoms with van der Waals surface area (Å²) in [6.07, 6.45) is 0. The molecule has 32 heavy (non-hydrogen) atoms. The highest BCUT2D eigenvalue weighted by atomic mass is 32.2. The molecule has 0 fully saturated rings. The Morgan fingerprint density at radius 2 is 1.84 bits per heavy atom. The van der Waals surface area contributed by atoms with Gasteiger partial charge in [0.05, 0.1) is 5.56 Å². The number of carbonyl (C=O) groups is 1. The fourth-order valence-corrected chi connectivity index (χ4v) is 4.08. The number of carbonyl (C=O) groups excluding carboxylic acids is 1. The van der Waals surface area contributed by atoms with Crippen LogP contribution in [0.25, 0.3) is 22.4 Å². The molecular formula is C23H21F2N3O3S. The van der Waals surface area contributed by atoms with E-state index in [0.29, 0.717) is 16.7 Å². The standard InChI is InChI=1S/C23H21F2N3O3S/c1-23(2,3)31-21(30)17-12-32-22(26-17)28-20(29)18(13-7-5-4-6-8-13)19(27-28)14-9-10-15(24)16(25)11-14/h4-12,22,26,29H,1-3H3. The predicted molar refractivity (Wildman–Crippen MR) is 118 cm³/mol. The van der Waals surface area contributed by atoms with Crippen molar-refractivity contribution in [1.29, 1.82) is 0 Å². The van der Waals surface area contributed by atoms with Crippen molar-refractivity contribution in [3.8, 4) is 28.3 Å². The van der Waals surface area contributed by atoms with E-state index in [4.69, 9.17) is 4.74 Å². The molecule has 0 radical (unpaired) electrons. The molecule has 0 bridgehead atoms. The molecule has 2 N–H and O–H groups in total. The minimum absolute atomic E-state index is 0.181. The average molecular weight is 458 g/mol. The predicted octanol–water partition coefficient (Wildman–Crippen LogP) is 5.18. The Bertz CT molecular complexity index is 1200. The van der Waals surface area contributed by atoms with Gasteiger partial charge >= 0.3 is 5.97 Å². The molecule has 0 spiro atoms. The number of hydrogen-bond donors (Lipinski definition) is 2. The van der Waals surface area contributed by atoms with Crippen LogP contribution in [0.2, 0.25) is 0 Å². The Kier molecular flexibility index (Phi) is 5.68. The van der Waals surface area contributed by atoms with E-state index in [9.17, 15) is 18.7 Å². The fourth-order valence-electron chi connectivity index (χ4n) is 3.20. The van der Waals surface area contributed by atoms with Gasteiger partial charge in [0.25, 0.3) is 0 Å². The summed E-state index contributed by atoms with van der Waals surface area (Å²) in [5.74, 6) is -2.70. The van der Waals surface area contributed by atoms with Gasteiger partial charge in [-0.15, -0.1) is 0 Å². The van der Waals surface area contributed by atoms with Crippen LogP contribution in [0.3, 0.4) is 0 Å². The number of benzene rings is 2. The van der Waals surface area contributed by atoms with Crippen LogP contribution >= 0.6 is 11.8 Å². The highest BCUT2D eigenvalue weighted by Gasteiger charge is 2.31. The normalized spacial score (nSPS) is 15.9. The van der Waals surface area contributed by atoms with E-state index in [1.54, 1.807) is 50.4 Å². The number of nitrogens with one attached hydrogen (secondary N) is 1. The minimum Gasteiger partial charge on any atom is -0.493 e. The molecule has 4 rings (SSSR count). The number of aromatic nitrogens is 2. The Labute approximate surface area is 187 Å². The van der Waals surface area contributed by atoms with Crippen LogP contribution in [-0.2, 0) is 9.53 Å². The Morgan fingerprint density at radius 1 is 1.12 bits per heavy atom. The summed E-state index contributed by atoms with van der Waals surface area (Å²) in [4.78, 5) is 12.4. The summed E-state index contributed by atoms with van der Waals surface area (Å²) in [6.45, 7) is 5.31. The van der Waals surface area contributed by atoms with Gasteiger partial charge in [0.15, 0.2) is 17.1 Å². The molecule has 0 saturated heterocycles. The van der Waals surface area contributed by atoms with E-state index in [1.165, 1.54) is 22.5 Å². The highest BCUT2D eigenvalue weighted by Crippen LogP contribution is 2.43. The van der Waals surface area contributed by atoms with Crippen LogP contribution in [0.15, 0.2) is 59.6 Å². The molecule has 1 atom stereocenters. The molecule has 2 heterocycles. The van der Waals surface area contributed by atoms with Gasteiger partial charge in [0.2, 0.25) is 5.88 Å². The third-order valence-corrected chi connectivity index (χ3v) is 5.52. The fraction of sp³-hybridized carbons (Fsp3) is 0.217. The number of ether oxygens (including phenoxy) is 1. The molecule has 0 amide bonds. The smallest absolute Gasteiger partial charge is 0.355 e. The number of thioether (sulfide) groups is 1. The van der Waals surface area contributed by atoms with Gasteiger partial charge in [-0.25, -0.2) is 13.6 Å². The van der Waals surface area contributed by atoms with Crippen LogP contribution in [0.5, 0.6) is 5.88 Å². The molecule has 1 unspecified atom stereocenters. The van der Waals surface area contributed by atoms with Crippen molar-refractivity contribution < 1.29 is 23.4 Å². The topological polar surface area (TPSA) is 76.4 Å². The van der Waals surface area contributed by atoms with E-state index in [0.717, 1.165) is 12.1 Å². The second kappa shape index (κ2) is 8.31. The van der Waals surface area contributed by atoms with Crippen LogP contribution < -0.4 is 5.32 Å². The first-order valence-electron chi connectivity index (χ1n) is 9.82. The van der Waals surface area contributed by atoms with E-state index in [1.807, 2.05) is 6.07 Å². The van der Waals surface area contributed by atoms with Crippen molar-refractivity contribution in [2.24, 2.45) is 0 Å². The number of hydrogen-bond acceptors (Lipinski definition) is 6. The van der Waals surface area contributed by atoms with Crippen molar-refractivity contribution in [3.05, 3.63) is 71.3 Å². The van der Waals surface area contributed by atoms with Crippen LogP contribution in [-0.4, -0.2) is 26.5 Å². The van der Waals surface area contributed by atoms with Crippen LogP contribution in [0.4, 0.5) is 8.78 Å². The first-order valence-corrected chi connectivity index (χ1v) is 10.8. The zero-order chi connectivity index (χ0) is 23.0. The number of esters is 1. The zero-order valence-corrected chi connectivity index (χ0v) is 18.4. The van der Waals surface area contributed by atoms with Gasteiger partial charge in [-0.2, -0.15) is 9.78 Å². The van der Waals surface area contributed by atoms with Crippen molar-refractivity contribution in [3.63, 3.8) is 0 Å². The molecule has 0 saturated carbocycles. The molecule has 6 nitrogen and oxygen atoms in total. The maximum absolute atomic E-state index is 13.9. The quantitative estimate of drug-likeness (QED) is 0.526. The van der Waals surface area contributed by atoms with E-state index in [2.05, 4.69) is 10.4 Å². The maximum Gasteiger partial charge on any atom is 0.355 e. The molecule has 2 aromatic carbocycles. The average Bonchev–Trinajstić information content (AvgIpc) is 3.34. The van der Waals surface area contributed by atoms with E-state index < -0.39 is 28.7 Å². The number of nitrogens with zero attached hydrogens (tertiary/aromatic N) is 2. The molecule has 1 aliphatic rings. The Hall–Kier alpha value is -3.33. The maximum atomic E-state index is 13.9. The van der Waals surface area contributed by atoms with Gasteiger partial charge in [-0.1, -0.05) is 42.1 Å². The van der Waals surface area contributed by atoms with Crippen molar-refractivity contribution in [1.82, 2.24) is 15.1 Å². The van der Waals surface area contributed by atoms with E-state index in [-0.39, 0.29) is 17.3 Å². The second-order valence-electron chi connectivity index (χ2n) is 8.15.